The Morgan fingerprint density at radius 3 is 2.64 bits per heavy atom. The smallest absolute Gasteiger partial charge is 0.121 e. The van der Waals surface area contributed by atoms with E-state index in [-0.39, 0.29) is 5.25 Å². The molecule has 0 aromatic carbocycles. The lowest BCUT2D eigenvalue weighted by Gasteiger charge is -2.25. The van der Waals surface area contributed by atoms with Gasteiger partial charge in [-0.25, -0.2) is 4.21 Å². The Morgan fingerprint density at radius 2 is 2.18 bits per heavy atom. The van der Waals surface area contributed by atoms with Crippen molar-refractivity contribution in [2.75, 3.05) is 13.2 Å². The Balaban J connectivity index is 2.39. The summed E-state index contributed by atoms with van der Waals surface area (Å²) in [6.45, 7) is 5.41. The van der Waals surface area contributed by atoms with E-state index in [9.17, 15) is 4.21 Å². The normalized spacial score (nSPS) is 23.9. The third kappa shape index (κ3) is 2.54. The summed E-state index contributed by atoms with van der Waals surface area (Å²) in [7, 11) is -0.947. The summed E-state index contributed by atoms with van der Waals surface area (Å²) in [6.07, 6.45) is 2.18. The molecule has 1 saturated heterocycles. The van der Waals surface area contributed by atoms with Crippen LogP contribution < -0.4 is 0 Å². The fraction of sp³-hybridized carbons (Fsp3) is 1.00. The Kier molecular flexibility index (Phi) is 3.48. The lowest BCUT2D eigenvalue weighted by molar-refractivity contribution is -0.105. The first-order chi connectivity index (χ1) is 5.22. The minimum absolute atomic E-state index is 0.160. The molecule has 0 N–H and O–H groups in total. The van der Waals surface area contributed by atoms with Crippen molar-refractivity contribution in [2.45, 2.75) is 31.9 Å². The number of hydrogen-bond donors (Lipinski definition) is 0. The molecule has 0 aromatic rings. The van der Waals surface area contributed by atoms with Gasteiger partial charge in [0, 0.05) is 11.8 Å². The molecule has 1 heterocycles. The fourth-order valence-corrected chi connectivity index (χ4v) is 1.91. The summed E-state index contributed by atoms with van der Waals surface area (Å²) in [5.74, 6) is 0. The summed E-state index contributed by atoms with van der Waals surface area (Å²) < 4.78 is 13.0. The molecule has 66 valence electrons. The van der Waals surface area contributed by atoms with Gasteiger partial charge in [0.1, 0.15) is 11.0 Å². The highest BCUT2D eigenvalue weighted by Crippen LogP contribution is 2.10. The van der Waals surface area contributed by atoms with Crippen molar-refractivity contribution in [3.05, 3.63) is 0 Å². The lowest BCUT2D eigenvalue weighted by Crippen LogP contribution is -2.35. The van der Waals surface area contributed by atoms with Gasteiger partial charge < -0.3 is 0 Å². The van der Waals surface area contributed by atoms with Crippen LogP contribution in [0.25, 0.3) is 0 Å². The van der Waals surface area contributed by atoms with Crippen LogP contribution >= 0.6 is 0 Å². The van der Waals surface area contributed by atoms with Crippen molar-refractivity contribution in [2.24, 2.45) is 0 Å². The van der Waals surface area contributed by atoms with E-state index < -0.39 is 11.0 Å². The average molecular weight is 177 g/mol. The van der Waals surface area contributed by atoms with E-state index in [4.69, 9.17) is 4.84 Å². The van der Waals surface area contributed by atoms with Gasteiger partial charge in [0.05, 0.1) is 6.61 Å². The second kappa shape index (κ2) is 4.18. The minimum atomic E-state index is -0.947. The molecule has 1 unspecified atom stereocenters. The highest BCUT2D eigenvalue weighted by molar-refractivity contribution is 7.83. The first-order valence-electron chi connectivity index (χ1n) is 4.03. The van der Waals surface area contributed by atoms with Crippen LogP contribution in [-0.4, -0.2) is 27.1 Å². The lowest BCUT2D eigenvalue weighted by atomic mass is 10.3. The van der Waals surface area contributed by atoms with Gasteiger partial charge in [-0.2, -0.15) is 0 Å². The fourth-order valence-electron chi connectivity index (χ4n) is 0.951. The first-order valence-corrected chi connectivity index (χ1v) is 5.20. The van der Waals surface area contributed by atoms with Crippen molar-refractivity contribution < 1.29 is 9.05 Å². The second-order valence-electron chi connectivity index (χ2n) is 2.92. The summed E-state index contributed by atoms with van der Waals surface area (Å²) in [5, 5.41) is 0.160. The van der Waals surface area contributed by atoms with Crippen molar-refractivity contribution in [3.63, 3.8) is 0 Å². The van der Waals surface area contributed by atoms with Crippen LogP contribution in [0, 0.1) is 0 Å². The average Bonchev–Trinajstić information content (AvgIpc) is 2.05. The van der Waals surface area contributed by atoms with Crippen molar-refractivity contribution in [1.29, 1.82) is 0 Å². The molecule has 0 spiro atoms. The Morgan fingerprint density at radius 1 is 1.45 bits per heavy atom. The Bertz CT molecular complexity index is 143. The molecule has 1 rings (SSSR count). The van der Waals surface area contributed by atoms with Gasteiger partial charge in [0.15, 0.2) is 0 Å². The van der Waals surface area contributed by atoms with Gasteiger partial charge >= 0.3 is 0 Å². The zero-order valence-corrected chi connectivity index (χ0v) is 7.89. The molecule has 0 aromatic heterocycles. The molecule has 1 aliphatic rings. The molecule has 0 amide bonds. The molecule has 1 fully saturated rings. The van der Waals surface area contributed by atoms with Crippen LogP contribution in [0.5, 0.6) is 0 Å². The van der Waals surface area contributed by atoms with Crippen molar-refractivity contribution >= 4 is 11.0 Å². The first kappa shape index (κ1) is 9.16. The van der Waals surface area contributed by atoms with Crippen LogP contribution in [0.1, 0.15) is 26.7 Å². The zero-order chi connectivity index (χ0) is 8.27. The number of hydrogen-bond acceptors (Lipinski definition) is 2. The number of nitrogens with zero attached hydrogens (tertiary/aromatic N) is 1. The van der Waals surface area contributed by atoms with Gasteiger partial charge in [-0.1, -0.05) is 0 Å². The molecule has 1 atom stereocenters. The van der Waals surface area contributed by atoms with Gasteiger partial charge in [-0.3, -0.25) is 4.84 Å². The van der Waals surface area contributed by atoms with E-state index in [0.717, 1.165) is 26.0 Å². The topological polar surface area (TPSA) is 29.5 Å². The molecule has 0 radical (unpaired) electrons. The quantitative estimate of drug-likeness (QED) is 0.632. The number of rotatable bonds is 2. The van der Waals surface area contributed by atoms with E-state index in [1.807, 2.05) is 13.8 Å². The second-order valence-corrected chi connectivity index (χ2v) is 4.82. The standard InChI is InChI=1S/C7H15NO2S/c1-7(2)11(9)8-5-3-4-6-10-8/h7H,3-6H2,1-2H3. The summed E-state index contributed by atoms with van der Waals surface area (Å²) >= 11 is 0. The molecular weight excluding hydrogens is 162 g/mol. The molecule has 11 heavy (non-hydrogen) atoms. The van der Waals surface area contributed by atoms with Gasteiger partial charge in [-0.15, -0.1) is 4.47 Å². The minimum Gasteiger partial charge on any atom is -0.286 e. The van der Waals surface area contributed by atoms with Gasteiger partial charge in [-0.05, 0) is 26.7 Å². The molecule has 3 nitrogen and oxygen atoms in total. The van der Waals surface area contributed by atoms with E-state index in [2.05, 4.69) is 0 Å². The van der Waals surface area contributed by atoms with Gasteiger partial charge in [0.25, 0.3) is 0 Å². The molecule has 4 heteroatoms. The van der Waals surface area contributed by atoms with E-state index in [1.54, 1.807) is 4.47 Å². The molecular formula is C7H15NO2S. The van der Waals surface area contributed by atoms with Crippen LogP contribution in [0.2, 0.25) is 0 Å². The van der Waals surface area contributed by atoms with Crippen molar-refractivity contribution in [3.8, 4) is 0 Å². The highest BCUT2D eigenvalue weighted by atomic mass is 32.2. The summed E-state index contributed by atoms with van der Waals surface area (Å²) in [4.78, 5) is 5.23. The van der Waals surface area contributed by atoms with Crippen LogP contribution in [0.4, 0.5) is 0 Å². The molecule has 0 aliphatic carbocycles. The van der Waals surface area contributed by atoms with E-state index in [0.29, 0.717) is 0 Å². The molecule has 1 aliphatic heterocycles. The SMILES string of the molecule is CC(C)S(=O)N1CCCCO1. The summed E-state index contributed by atoms with van der Waals surface area (Å²) in [5.41, 5.74) is 0. The zero-order valence-electron chi connectivity index (χ0n) is 7.08. The van der Waals surface area contributed by atoms with Crippen LogP contribution in [0.3, 0.4) is 0 Å². The maximum Gasteiger partial charge on any atom is 0.121 e. The van der Waals surface area contributed by atoms with Gasteiger partial charge in [0.2, 0.25) is 0 Å². The maximum absolute atomic E-state index is 11.4. The third-order valence-electron chi connectivity index (χ3n) is 1.57. The highest BCUT2D eigenvalue weighted by Gasteiger charge is 2.19. The third-order valence-corrected chi connectivity index (χ3v) is 3.07. The van der Waals surface area contributed by atoms with Crippen molar-refractivity contribution in [1.82, 2.24) is 4.47 Å². The van der Waals surface area contributed by atoms with E-state index >= 15 is 0 Å². The summed E-state index contributed by atoms with van der Waals surface area (Å²) in [6, 6.07) is 0. The van der Waals surface area contributed by atoms with Crippen LogP contribution in [-0.2, 0) is 15.8 Å². The Labute approximate surface area is 70.3 Å². The predicted octanol–water partition coefficient (Wildman–Crippen LogP) is 1.09. The number of hydroxylamine groups is 1. The molecule has 0 bridgehead atoms. The monoisotopic (exact) mass is 177 g/mol. The van der Waals surface area contributed by atoms with Crippen LogP contribution in [0.15, 0.2) is 0 Å². The Hall–Kier alpha value is 0.0700. The largest absolute Gasteiger partial charge is 0.286 e. The van der Waals surface area contributed by atoms with E-state index in [1.165, 1.54) is 0 Å². The predicted molar refractivity (Wildman–Crippen MR) is 45.2 cm³/mol. The maximum atomic E-state index is 11.4. The molecule has 0 saturated carbocycles.